The smallest absolute Gasteiger partial charge is 0.00184 e. The van der Waals surface area contributed by atoms with E-state index in [1.165, 1.54) is 12.0 Å². The Balaban J connectivity index is 2.54. The maximum Gasteiger partial charge on any atom is 0.00184 e. The number of allylic oxidation sites excluding steroid dienone is 8. The van der Waals surface area contributed by atoms with Crippen LogP contribution in [-0.4, -0.2) is 0 Å². The van der Waals surface area contributed by atoms with Gasteiger partial charge in [-0.1, -0.05) is 49.5 Å². The lowest BCUT2D eigenvalue weighted by atomic mass is 10.00. The average Bonchev–Trinajstić information content (AvgIpc) is 2.52. The van der Waals surface area contributed by atoms with Crippen molar-refractivity contribution in [3.05, 3.63) is 48.1 Å². The Morgan fingerprint density at radius 3 is 2.92 bits per heavy atom. The van der Waals surface area contributed by atoms with Gasteiger partial charge in [0.1, 0.15) is 0 Å². The van der Waals surface area contributed by atoms with E-state index in [-0.39, 0.29) is 0 Å². The predicted molar refractivity (Wildman–Crippen MR) is 55.0 cm³/mol. The second-order valence-electron chi connectivity index (χ2n) is 2.95. The third kappa shape index (κ3) is 2.23. The Kier molecular flexibility index (Phi) is 3.59. The van der Waals surface area contributed by atoms with Crippen LogP contribution in [0.25, 0.3) is 0 Å². The molecular formula is C12H16. The summed E-state index contributed by atoms with van der Waals surface area (Å²) in [5, 5.41) is 0. The van der Waals surface area contributed by atoms with Crippen molar-refractivity contribution in [1.82, 2.24) is 0 Å². The van der Waals surface area contributed by atoms with Crippen molar-refractivity contribution in [3.8, 4) is 0 Å². The van der Waals surface area contributed by atoms with E-state index in [1.807, 2.05) is 13.0 Å². The summed E-state index contributed by atoms with van der Waals surface area (Å²) >= 11 is 0. The van der Waals surface area contributed by atoms with Gasteiger partial charge in [-0.05, 0) is 18.9 Å². The van der Waals surface area contributed by atoms with Gasteiger partial charge in [0.15, 0.2) is 0 Å². The largest absolute Gasteiger partial charge is 0.0877 e. The highest BCUT2D eigenvalue weighted by atomic mass is 14.1. The van der Waals surface area contributed by atoms with E-state index >= 15 is 0 Å². The molecule has 0 aliphatic heterocycles. The first-order chi connectivity index (χ1) is 5.88. The molecule has 0 fully saturated rings. The van der Waals surface area contributed by atoms with E-state index in [9.17, 15) is 0 Å². The number of rotatable bonds is 3. The van der Waals surface area contributed by atoms with Crippen molar-refractivity contribution >= 4 is 0 Å². The van der Waals surface area contributed by atoms with Crippen LogP contribution in [0.3, 0.4) is 0 Å². The van der Waals surface area contributed by atoms with Crippen molar-refractivity contribution in [2.75, 3.05) is 0 Å². The molecule has 1 aliphatic carbocycles. The Bertz CT molecular complexity index is 239. The molecule has 1 unspecified atom stereocenters. The van der Waals surface area contributed by atoms with Gasteiger partial charge in [-0.25, -0.2) is 0 Å². The molecule has 0 nitrogen and oxygen atoms in total. The molecular weight excluding hydrogens is 144 g/mol. The molecule has 0 heteroatoms. The highest BCUT2D eigenvalue weighted by Crippen LogP contribution is 2.23. The fourth-order valence-corrected chi connectivity index (χ4v) is 1.36. The third-order valence-electron chi connectivity index (χ3n) is 2.09. The van der Waals surface area contributed by atoms with Crippen LogP contribution < -0.4 is 0 Å². The van der Waals surface area contributed by atoms with E-state index in [1.54, 1.807) is 0 Å². The number of hydrogen-bond acceptors (Lipinski definition) is 0. The summed E-state index contributed by atoms with van der Waals surface area (Å²) < 4.78 is 0. The summed E-state index contributed by atoms with van der Waals surface area (Å²) in [4.78, 5) is 0. The summed E-state index contributed by atoms with van der Waals surface area (Å²) in [6, 6.07) is 0. The predicted octanol–water partition coefficient (Wildman–Crippen LogP) is 3.64. The quantitative estimate of drug-likeness (QED) is 0.553. The lowest BCUT2D eigenvalue weighted by molar-refractivity contribution is 0.755. The van der Waals surface area contributed by atoms with Gasteiger partial charge in [0.05, 0.1) is 0 Å². The fourth-order valence-electron chi connectivity index (χ4n) is 1.36. The summed E-state index contributed by atoms with van der Waals surface area (Å²) in [6.45, 7) is 4.25. The maximum absolute atomic E-state index is 2.26. The second-order valence-corrected chi connectivity index (χ2v) is 2.95. The zero-order chi connectivity index (χ0) is 8.81. The first kappa shape index (κ1) is 9.05. The third-order valence-corrected chi connectivity index (χ3v) is 2.09. The average molecular weight is 160 g/mol. The summed E-state index contributed by atoms with van der Waals surface area (Å²) in [5.41, 5.74) is 1.43. The van der Waals surface area contributed by atoms with Gasteiger partial charge in [0.25, 0.3) is 0 Å². The summed E-state index contributed by atoms with van der Waals surface area (Å²) in [6.07, 6.45) is 16.2. The van der Waals surface area contributed by atoms with E-state index in [2.05, 4.69) is 43.4 Å². The van der Waals surface area contributed by atoms with E-state index in [0.29, 0.717) is 5.92 Å². The summed E-state index contributed by atoms with van der Waals surface area (Å²) in [7, 11) is 0. The lowest BCUT2D eigenvalue weighted by Crippen LogP contribution is -1.92. The first-order valence-electron chi connectivity index (χ1n) is 4.56. The maximum atomic E-state index is 2.26. The monoisotopic (exact) mass is 160 g/mol. The standard InChI is InChI=1S/C12H16/c1-3-5-6-8-12-10-7-9-11(12)4-2/h3,5-11H,4H2,1-2H3/b5-3-,8-6-. The molecule has 1 aliphatic rings. The summed E-state index contributed by atoms with van der Waals surface area (Å²) in [5.74, 6) is 0.645. The molecule has 1 atom stereocenters. The Labute approximate surface area is 75.0 Å². The first-order valence-corrected chi connectivity index (χ1v) is 4.56. The van der Waals surface area contributed by atoms with Gasteiger partial charge in [0, 0.05) is 5.92 Å². The van der Waals surface area contributed by atoms with Crippen LogP contribution in [0.15, 0.2) is 48.1 Å². The van der Waals surface area contributed by atoms with E-state index in [4.69, 9.17) is 0 Å². The van der Waals surface area contributed by atoms with Gasteiger partial charge in [-0.15, -0.1) is 0 Å². The Hall–Kier alpha value is -1.04. The van der Waals surface area contributed by atoms with Crippen LogP contribution in [0.4, 0.5) is 0 Å². The van der Waals surface area contributed by atoms with Crippen LogP contribution in [0.5, 0.6) is 0 Å². The minimum atomic E-state index is 0.645. The zero-order valence-corrected chi connectivity index (χ0v) is 7.83. The molecule has 12 heavy (non-hydrogen) atoms. The van der Waals surface area contributed by atoms with Gasteiger partial charge in [0.2, 0.25) is 0 Å². The molecule has 64 valence electrons. The number of hydrogen-bond donors (Lipinski definition) is 0. The lowest BCUT2D eigenvalue weighted by Gasteiger charge is -2.05. The molecule has 0 aromatic carbocycles. The van der Waals surface area contributed by atoms with E-state index in [0.717, 1.165) is 0 Å². The Morgan fingerprint density at radius 1 is 1.42 bits per heavy atom. The Morgan fingerprint density at radius 2 is 2.25 bits per heavy atom. The van der Waals surface area contributed by atoms with Gasteiger partial charge >= 0.3 is 0 Å². The van der Waals surface area contributed by atoms with Crippen LogP contribution in [0.2, 0.25) is 0 Å². The second kappa shape index (κ2) is 4.76. The van der Waals surface area contributed by atoms with Crippen molar-refractivity contribution in [1.29, 1.82) is 0 Å². The van der Waals surface area contributed by atoms with Crippen LogP contribution in [0, 0.1) is 5.92 Å². The molecule has 0 aromatic heterocycles. The highest BCUT2D eigenvalue weighted by molar-refractivity contribution is 5.36. The normalized spacial score (nSPS) is 22.8. The minimum Gasteiger partial charge on any atom is -0.0877 e. The van der Waals surface area contributed by atoms with Gasteiger partial charge in [-0.3, -0.25) is 0 Å². The zero-order valence-electron chi connectivity index (χ0n) is 7.83. The van der Waals surface area contributed by atoms with Crippen LogP contribution in [0.1, 0.15) is 20.3 Å². The molecule has 0 amide bonds. The van der Waals surface area contributed by atoms with Crippen LogP contribution in [-0.2, 0) is 0 Å². The molecule has 1 rings (SSSR count). The molecule has 0 bridgehead atoms. The van der Waals surface area contributed by atoms with Crippen molar-refractivity contribution in [2.24, 2.45) is 5.92 Å². The van der Waals surface area contributed by atoms with E-state index < -0.39 is 0 Å². The van der Waals surface area contributed by atoms with Gasteiger partial charge < -0.3 is 0 Å². The molecule has 0 spiro atoms. The highest BCUT2D eigenvalue weighted by Gasteiger charge is 2.08. The van der Waals surface area contributed by atoms with Crippen LogP contribution >= 0.6 is 0 Å². The molecule has 0 saturated carbocycles. The van der Waals surface area contributed by atoms with Crippen molar-refractivity contribution in [3.63, 3.8) is 0 Å². The molecule has 0 heterocycles. The van der Waals surface area contributed by atoms with Crippen molar-refractivity contribution < 1.29 is 0 Å². The molecule has 0 radical (unpaired) electrons. The topological polar surface area (TPSA) is 0 Å². The molecule has 0 N–H and O–H groups in total. The minimum absolute atomic E-state index is 0.645. The SMILES string of the molecule is C/C=C\C=C/C1=CC=CC1CC. The molecule has 0 aromatic rings. The fraction of sp³-hybridized carbons (Fsp3) is 0.333. The molecule has 0 saturated heterocycles. The van der Waals surface area contributed by atoms with Gasteiger partial charge in [-0.2, -0.15) is 0 Å². The van der Waals surface area contributed by atoms with Crippen molar-refractivity contribution in [2.45, 2.75) is 20.3 Å².